The fourth-order valence-corrected chi connectivity index (χ4v) is 3.95. The predicted molar refractivity (Wildman–Crippen MR) is 84.7 cm³/mol. The second kappa shape index (κ2) is 7.26. The van der Waals surface area contributed by atoms with E-state index in [9.17, 15) is 21.2 Å². The standard InChI is InChI=1S/C14H15FN2O5S2/c1-2-22-11-7-9-12(10-8-11)23(18,19)16-17-24(20,21)14-6-4-3-5-13(14)15/h3-10,16-17H,2H2,1H3. The van der Waals surface area contributed by atoms with Crippen molar-refractivity contribution in [2.24, 2.45) is 0 Å². The van der Waals surface area contributed by atoms with E-state index in [2.05, 4.69) is 0 Å². The molecule has 0 saturated heterocycles. The molecule has 0 spiro atoms. The largest absolute Gasteiger partial charge is 0.494 e. The Labute approximate surface area is 139 Å². The minimum absolute atomic E-state index is 0.179. The van der Waals surface area contributed by atoms with Gasteiger partial charge < -0.3 is 4.74 Å². The highest BCUT2D eigenvalue weighted by atomic mass is 32.2. The first-order chi connectivity index (χ1) is 11.3. The van der Waals surface area contributed by atoms with Crippen LogP contribution in [0.5, 0.6) is 5.75 Å². The monoisotopic (exact) mass is 374 g/mol. The molecule has 2 aromatic carbocycles. The first kappa shape index (κ1) is 18.3. The van der Waals surface area contributed by atoms with E-state index in [1.54, 1.807) is 16.6 Å². The molecule has 0 aliphatic rings. The number of benzene rings is 2. The molecule has 0 unspecified atom stereocenters. The number of rotatable bonds is 7. The third-order valence-corrected chi connectivity index (χ3v) is 5.56. The van der Waals surface area contributed by atoms with Gasteiger partial charge in [-0.05, 0) is 43.3 Å². The molecular weight excluding hydrogens is 359 g/mol. The molecule has 7 nitrogen and oxygen atoms in total. The first-order valence-corrected chi connectivity index (χ1v) is 9.74. The van der Waals surface area contributed by atoms with Gasteiger partial charge in [-0.3, -0.25) is 0 Å². The van der Waals surface area contributed by atoms with Crippen molar-refractivity contribution in [2.75, 3.05) is 6.61 Å². The van der Waals surface area contributed by atoms with Gasteiger partial charge in [0.15, 0.2) is 0 Å². The zero-order chi connectivity index (χ0) is 17.8. The van der Waals surface area contributed by atoms with Crippen molar-refractivity contribution in [3.8, 4) is 5.75 Å². The Kier molecular flexibility index (Phi) is 5.54. The van der Waals surface area contributed by atoms with Crippen LogP contribution in [0.1, 0.15) is 6.92 Å². The molecular formula is C14H15FN2O5S2. The van der Waals surface area contributed by atoms with Crippen molar-refractivity contribution in [1.29, 1.82) is 0 Å². The molecule has 2 aromatic rings. The minimum atomic E-state index is -4.39. The van der Waals surface area contributed by atoms with Crippen LogP contribution < -0.4 is 14.4 Å². The van der Waals surface area contributed by atoms with Crippen molar-refractivity contribution in [3.05, 3.63) is 54.3 Å². The van der Waals surface area contributed by atoms with Crippen molar-refractivity contribution in [2.45, 2.75) is 16.7 Å². The van der Waals surface area contributed by atoms with Gasteiger partial charge in [0, 0.05) is 0 Å². The summed E-state index contributed by atoms with van der Waals surface area (Å²) < 4.78 is 66.9. The first-order valence-electron chi connectivity index (χ1n) is 6.77. The second-order valence-corrected chi connectivity index (χ2v) is 7.88. The van der Waals surface area contributed by atoms with Gasteiger partial charge in [-0.15, -0.1) is 9.66 Å². The Morgan fingerprint density at radius 1 is 0.917 bits per heavy atom. The van der Waals surface area contributed by atoms with Crippen LogP contribution in [0.4, 0.5) is 4.39 Å². The molecule has 0 atom stereocenters. The Morgan fingerprint density at radius 3 is 2.08 bits per heavy atom. The molecule has 10 heteroatoms. The molecule has 0 heterocycles. The van der Waals surface area contributed by atoms with Crippen LogP contribution in [0.15, 0.2) is 58.3 Å². The summed E-state index contributed by atoms with van der Waals surface area (Å²) in [5.74, 6) is -0.520. The maximum Gasteiger partial charge on any atom is 0.257 e. The smallest absolute Gasteiger partial charge is 0.257 e. The van der Waals surface area contributed by atoms with E-state index < -0.39 is 30.8 Å². The summed E-state index contributed by atoms with van der Waals surface area (Å²) >= 11 is 0. The van der Waals surface area contributed by atoms with Crippen molar-refractivity contribution < 1.29 is 26.0 Å². The summed E-state index contributed by atoms with van der Waals surface area (Å²) in [6.07, 6.45) is 0. The molecule has 2 rings (SSSR count). The number of halogens is 1. The summed E-state index contributed by atoms with van der Waals surface area (Å²) in [5.41, 5.74) is 0. The van der Waals surface area contributed by atoms with Crippen LogP contribution in [0.2, 0.25) is 0 Å². The minimum Gasteiger partial charge on any atom is -0.494 e. The summed E-state index contributed by atoms with van der Waals surface area (Å²) in [6.45, 7) is 2.20. The molecule has 130 valence electrons. The zero-order valence-corrected chi connectivity index (χ0v) is 14.2. The van der Waals surface area contributed by atoms with Crippen LogP contribution in [0, 0.1) is 5.82 Å². The van der Waals surface area contributed by atoms with Crippen LogP contribution in [0.25, 0.3) is 0 Å². The number of hydrazine groups is 1. The molecule has 2 N–H and O–H groups in total. The highest BCUT2D eigenvalue weighted by Crippen LogP contribution is 2.16. The third kappa shape index (κ3) is 4.29. The Bertz CT molecular complexity index is 912. The van der Waals surface area contributed by atoms with E-state index >= 15 is 0 Å². The summed E-state index contributed by atoms with van der Waals surface area (Å²) in [6, 6.07) is 9.98. The van der Waals surface area contributed by atoms with Crippen LogP contribution in [0.3, 0.4) is 0 Å². The Balaban J connectivity index is 2.16. The maximum absolute atomic E-state index is 13.5. The second-order valence-electron chi connectivity index (χ2n) is 4.55. The summed E-state index contributed by atoms with van der Waals surface area (Å²) in [5, 5.41) is 0. The van der Waals surface area contributed by atoms with E-state index in [0.717, 1.165) is 12.1 Å². The quantitative estimate of drug-likeness (QED) is 0.713. The topological polar surface area (TPSA) is 102 Å². The Morgan fingerprint density at radius 2 is 1.50 bits per heavy atom. The fourth-order valence-electron chi connectivity index (χ4n) is 1.77. The predicted octanol–water partition coefficient (Wildman–Crippen LogP) is 1.40. The summed E-state index contributed by atoms with van der Waals surface area (Å²) in [4.78, 5) is 2.53. The van der Waals surface area contributed by atoms with Crippen LogP contribution in [-0.4, -0.2) is 23.4 Å². The van der Waals surface area contributed by atoms with Crippen LogP contribution in [-0.2, 0) is 20.0 Å². The highest BCUT2D eigenvalue weighted by Gasteiger charge is 2.22. The molecule has 0 aliphatic heterocycles. The molecule has 0 aliphatic carbocycles. The molecule has 0 amide bonds. The van der Waals surface area contributed by atoms with E-state index in [1.807, 2.05) is 0 Å². The van der Waals surface area contributed by atoms with E-state index in [-0.39, 0.29) is 4.90 Å². The number of nitrogens with one attached hydrogen (secondary N) is 2. The molecule has 0 fully saturated rings. The van der Waals surface area contributed by atoms with Gasteiger partial charge in [-0.1, -0.05) is 12.1 Å². The average Bonchev–Trinajstić information content (AvgIpc) is 2.54. The number of hydrogen-bond donors (Lipinski definition) is 2. The van der Waals surface area contributed by atoms with Gasteiger partial charge in [0.25, 0.3) is 20.0 Å². The van der Waals surface area contributed by atoms with E-state index in [1.165, 1.54) is 36.4 Å². The van der Waals surface area contributed by atoms with E-state index in [0.29, 0.717) is 12.4 Å². The number of ether oxygens (including phenoxy) is 1. The zero-order valence-electron chi connectivity index (χ0n) is 12.6. The molecule has 0 radical (unpaired) electrons. The average molecular weight is 374 g/mol. The molecule has 0 saturated carbocycles. The van der Waals surface area contributed by atoms with Gasteiger partial charge in [-0.2, -0.15) is 0 Å². The molecule has 0 aromatic heterocycles. The van der Waals surface area contributed by atoms with Crippen molar-refractivity contribution >= 4 is 20.0 Å². The van der Waals surface area contributed by atoms with Crippen molar-refractivity contribution in [1.82, 2.24) is 9.66 Å². The number of hydrogen-bond acceptors (Lipinski definition) is 5. The fraction of sp³-hybridized carbons (Fsp3) is 0.143. The molecule has 24 heavy (non-hydrogen) atoms. The number of sulfonamides is 2. The van der Waals surface area contributed by atoms with Gasteiger partial charge >= 0.3 is 0 Å². The van der Waals surface area contributed by atoms with Gasteiger partial charge in [0.05, 0.1) is 11.5 Å². The third-order valence-electron chi connectivity index (χ3n) is 2.88. The molecule has 0 bridgehead atoms. The van der Waals surface area contributed by atoms with E-state index in [4.69, 9.17) is 4.74 Å². The van der Waals surface area contributed by atoms with Crippen molar-refractivity contribution in [3.63, 3.8) is 0 Å². The lowest BCUT2D eigenvalue weighted by Crippen LogP contribution is -2.41. The summed E-state index contributed by atoms with van der Waals surface area (Å²) in [7, 11) is -8.55. The van der Waals surface area contributed by atoms with Gasteiger partial charge in [0.2, 0.25) is 0 Å². The highest BCUT2D eigenvalue weighted by molar-refractivity contribution is 7.92. The Hall–Kier alpha value is -2.01. The maximum atomic E-state index is 13.5. The lowest BCUT2D eigenvalue weighted by atomic mass is 10.3. The normalized spacial score (nSPS) is 12.1. The lowest BCUT2D eigenvalue weighted by Gasteiger charge is -2.10. The lowest BCUT2D eigenvalue weighted by molar-refractivity contribution is 0.340. The SMILES string of the molecule is CCOc1ccc(S(=O)(=O)NNS(=O)(=O)c2ccccc2F)cc1. The van der Waals surface area contributed by atoms with Gasteiger partial charge in [-0.25, -0.2) is 21.2 Å². The van der Waals surface area contributed by atoms with Gasteiger partial charge in [0.1, 0.15) is 16.5 Å². The van der Waals surface area contributed by atoms with Crippen LogP contribution >= 0.6 is 0 Å².